The van der Waals surface area contributed by atoms with Crippen molar-refractivity contribution in [3.8, 4) is 11.5 Å². The largest absolute Gasteiger partial charge is 0.495 e. The first-order chi connectivity index (χ1) is 16.9. The van der Waals surface area contributed by atoms with Gasteiger partial charge in [-0.25, -0.2) is 0 Å². The van der Waals surface area contributed by atoms with Crippen molar-refractivity contribution in [2.45, 2.75) is 19.6 Å². The second-order valence-electron chi connectivity index (χ2n) is 7.38. The average Bonchev–Trinajstić information content (AvgIpc) is 3.32. The smallest absolute Gasteiger partial charge is 0.357 e. The van der Waals surface area contributed by atoms with Gasteiger partial charge in [0.15, 0.2) is 16.9 Å². The van der Waals surface area contributed by atoms with E-state index >= 15 is 0 Å². The second kappa shape index (κ2) is 10.5. The van der Waals surface area contributed by atoms with Crippen LogP contribution in [-0.2, 0) is 13.6 Å². The molecule has 0 spiro atoms. The van der Waals surface area contributed by atoms with Gasteiger partial charge in [0.2, 0.25) is 11.2 Å². The molecular weight excluding hydrogens is 541 g/mol. The first-order valence-electron chi connectivity index (χ1n) is 10.9. The summed E-state index contributed by atoms with van der Waals surface area (Å²) in [5.74, 6) is -0.662. The molecule has 2 heterocycles. The number of benzene rings is 2. The molecule has 0 aliphatic rings. The number of fused-ring (bicyclic) bond motifs is 2. The monoisotopic (exact) mass is 565 g/mol. The van der Waals surface area contributed by atoms with Gasteiger partial charge in [-0.3, -0.25) is 9.36 Å². The van der Waals surface area contributed by atoms with E-state index in [1.807, 2.05) is 12.1 Å². The average molecular weight is 566 g/mol. The van der Waals surface area contributed by atoms with Gasteiger partial charge in [0.05, 0.1) is 44.6 Å². The Labute approximate surface area is 210 Å². The highest BCUT2D eigenvalue weighted by molar-refractivity contribution is 9.10. The van der Waals surface area contributed by atoms with E-state index in [9.17, 15) is 9.36 Å². The van der Waals surface area contributed by atoms with Crippen LogP contribution in [0.2, 0.25) is 0 Å². The Hall–Kier alpha value is -2.78. The molecule has 0 aliphatic heterocycles. The summed E-state index contributed by atoms with van der Waals surface area (Å²) in [6.07, 6.45) is 2.71. The molecule has 4 aromatic rings. The van der Waals surface area contributed by atoms with Crippen LogP contribution in [0.25, 0.3) is 21.9 Å². The van der Waals surface area contributed by atoms with Gasteiger partial charge < -0.3 is 32.7 Å². The summed E-state index contributed by atoms with van der Waals surface area (Å²) in [6, 6.07) is 8.86. The lowest BCUT2D eigenvalue weighted by Gasteiger charge is -2.27. The van der Waals surface area contributed by atoms with E-state index in [0.29, 0.717) is 16.7 Å². The summed E-state index contributed by atoms with van der Waals surface area (Å²) in [5, 5.41) is 3.81. The van der Waals surface area contributed by atoms with Crippen LogP contribution >= 0.6 is 23.5 Å². The molecule has 2 aromatic heterocycles. The highest BCUT2D eigenvalue weighted by Gasteiger charge is 2.40. The van der Waals surface area contributed by atoms with E-state index < -0.39 is 18.8 Å². The van der Waals surface area contributed by atoms with Gasteiger partial charge in [0.1, 0.15) is 17.4 Å². The van der Waals surface area contributed by atoms with Crippen LogP contribution in [-0.4, -0.2) is 27.4 Å². The zero-order valence-electron chi connectivity index (χ0n) is 19.6. The minimum atomic E-state index is -3.89. The number of methoxy groups -OCH3 is 2. The Balaban J connectivity index is 2.01. The fourth-order valence-corrected chi connectivity index (χ4v) is 6.10. The van der Waals surface area contributed by atoms with Crippen LogP contribution in [0.3, 0.4) is 0 Å². The molecule has 0 bridgehead atoms. The number of nitrogens with one attached hydrogen (secondary N) is 1. The van der Waals surface area contributed by atoms with Gasteiger partial charge in [-0.2, -0.15) is 0 Å². The Morgan fingerprint density at radius 2 is 1.63 bits per heavy atom. The summed E-state index contributed by atoms with van der Waals surface area (Å²) in [4.78, 5) is 14.0. The summed E-state index contributed by atoms with van der Waals surface area (Å²) in [7, 11) is -0.987. The van der Waals surface area contributed by atoms with Crippen molar-refractivity contribution in [2.24, 2.45) is 0 Å². The SMILES string of the molecule is CCOP(=O)(OCC)C(Nc1ccc(Br)cc1)c1coc2c(OC)c3occc3c(OC)c2c1=O. The van der Waals surface area contributed by atoms with Gasteiger partial charge in [0, 0.05) is 10.2 Å². The molecule has 2 aromatic carbocycles. The predicted octanol–water partition coefficient (Wildman–Crippen LogP) is 6.70. The molecule has 1 atom stereocenters. The van der Waals surface area contributed by atoms with E-state index in [0.717, 1.165) is 4.47 Å². The summed E-state index contributed by atoms with van der Waals surface area (Å²) in [6.45, 7) is 3.63. The van der Waals surface area contributed by atoms with Crippen LogP contribution in [0, 0.1) is 0 Å². The number of hydrogen-bond donors (Lipinski definition) is 1. The number of rotatable bonds is 10. The number of furan rings is 1. The zero-order valence-corrected chi connectivity index (χ0v) is 22.1. The van der Waals surface area contributed by atoms with Crippen LogP contribution in [0.4, 0.5) is 5.69 Å². The van der Waals surface area contributed by atoms with Crippen LogP contribution in [0.1, 0.15) is 25.2 Å². The molecule has 0 amide bonds. The maximum Gasteiger partial charge on any atom is 0.357 e. The summed E-state index contributed by atoms with van der Waals surface area (Å²) < 4.78 is 48.6. The first kappa shape index (κ1) is 25.3. The molecule has 0 saturated carbocycles. The molecular formula is C24H25BrNO8P. The van der Waals surface area contributed by atoms with E-state index in [1.165, 1.54) is 26.7 Å². The number of ether oxygens (including phenoxy) is 2. The van der Waals surface area contributed by atoms with Gasteiger partial charge in [-0.15, -0.1) is 0 Å². The van der Waals surface area contributed by atoms with E-state index in [1.54, 1.807) is 32.0 Å². The summed E-state index contributed by atoms with van der Waals surface area (Å²) in [5.41, 5.74) is 0.705. The molecule has 1 unspecified atom stereocenters. The van der Waals surface area contributed by atoms with Crippen molar-refractivity contribution in [2.75, 3.05) is 32.8 Å². The predicted molar refractivity (Wildman–Crippen MR) is 137 cm³/mol. The molecule has 0 saturated heterocycles. The Bertz CT molecular complexity index is 1440. The molecule has 0 fully saturated rings. The molecule has 0 radical (unpaired) electrons. The van der Waals surface area contributed by atoms with Crippen molar-refractivity contribution in [1.82, 2.24) is 0 Å². The fourth-order valence-electron chi connectivity index (χ4n) is 3.92. The van der Waals surface area contributed by atoms with Crippen LogP contribution in [0.5, 0.6) is 11.5 Å². The van der Waals surface area contributed by atoms with Crippen LogP contribution < -0.4 is 20.2 Å². The Morgan fingerprint density at radius 3 is 2.23 bits per heavy atom. The molecule has 4 rings (SSSR count). The maximum atomic E-state index is 14.0. The number of anilines is 1. The van der Waals surface area contributed by atoms with Gasteiger partial charge >= 0.3 is 7.60 Å². The van der Waals surface area contributed by atoms with Crippen molar-refractivity contribution in [3.63, 3.8) is 0 Å². The third-order valence-corrected chi connectivity index (χ3v) is 8.16. The molecule has 0 aliphatic carbocycles. The number of hydrogen-bond acceptors (Lipinski definition) is 9. The van der Waals surface area contributed by atoms with Gasteiger partial charge in [-0.05, 0) is 44.2 Å². The van der Waals surface area contributed by atoms with E-state index in [-0.39, 0.29) is 41.2 Å². The van der Waals surface area contributed by atoms with Crippen LogP contribution in [0.15, 0.2) is 61.0 Å². The standard InChI is InChI=1S/C24H25BrNO8P/c1-5-33-35(28,34-6-2)24(26-15-9-7-14(25)8-10-15)17-13-32-22-18(19(17)27)20(29-3)16-11-12-31-21(16)23(22)30-4/h7-13,24,26H,5-6H2,1-4H3. The third-order valence-electron chi connectivity index (χ3n) is 5.35. The van der Waals surface area contributed by atoms with Crippen molar-refractivity contribution in [1.29, 1.82) is 0 Å². The lowest BCUT2D eigenvalue weighted by molar-refractivity contribution is 0.214. The normalized spacial score (nSPS) is 12.7. The highest BCUT2D eigenvalue weighted by Crippen LogP contribution is 2.60. The third kappa shape index (κ3) is 4.59. The molecule has 35 heavy (non-hydrogen) atoms. The second-order valence-corrected chi connectivity index (χ2v) is 10.4. The quantitative estimate of drug-likeness (QED) is 0.210. The molecule has 11 heteroatoms. The fraction of sp³-hybridized carbons (Fsp3) is 0.292. The topological polar surface area (TPSA) is 109 Å². The molecule has 186 valence electrons. The molecule has 1 N–H and O–H groups in total. The minimum absolute atomic E-state index is 0.0499. The number of halogens is 1. The minimum Gasteiger partial charge on any atom is -0.495 e. The lowest BCUT2D eigenvalue weighted by atomic mass is 10.1. The zero-order chi connectivity index (χ0) is 25.2. The van der Waals surface area contributed by atoms with Crippen molar-refractivity contribution >= 4 is 51.2 Å². The van der Waals surface area contributed by atoms with Crippen molar-refractivity contribution < 1.29 is 31.9 Å². The first-order valence-corrected chi connectivity index (χ1v) is 13.3. The van der Waals surface area contributed by atoms with E-state index in [4.69, 9.17) is 27.4 Å². The molecule has 9 nitrogen and oxygen atoms in total. The Kier molecular flexibility index (Phi) is 7.56. The maximum absolute atomic E-state index is 14.0. The highest BCUT2D eigenvalue weighted by atomic mass is 79.9. The van der Waals surface area contributed by atoms with E-state index in [2.05, 4.69) is 21.2 Å². The van der Waals surface area contributed by atoms with Gasteiger partial charge in [0.25, 0.3) is 0 Å². The Morgan fingerprint density at radius 1 is 0.971 bits per heavy atom. The van der Waals surface area contributed by atoms with Crippen molar-refractivity contribution in [3.05, 3.63) is 63.1 Å². The van der Waals surface area contributed by atoms with Gasteiger partial charge in [-0.1, -0.05) is 15.9 Å². The summed E-state index contributed by atoms with van der Waals surface area (Å²) >= 11 is 3.40. The lowest BCUT2D eigenvalue weighted by Crippen LogP contribution is -2.22.